The number of carbonyl (C=O) groups is 1. The summed E-state index contributed by atoms with van der Waals surface area (Å²) in [5.41, 5.74) is 2.74. The summed E-state index contributed by atoms with van der Waals surface area (Å²) >= 11 is 4.83. The van der Waals surface area contributed by atoms with Crippen molar-refractivity contribution in [3.05, 3.63) is 55.4 Å². The average Bonchev–Trinajstić information content (AvgIpc) is 3.03. The maximum atomic E-state index is 13.1. The molecular weight excluding hydrogens is 438 g/mol. The molecule has 5 nitrogen and oxygen atoms in total. The molecule has 7 heteroatoms. The minimum Gasteiger partial charge on any atom is -0.322 e. The van der Waals surface area contributed by atoms with E-state index in [1.54, 1.807) is 10.9 Å². The predicted octanol–water partition coefficient (Wildman–Crippen LogP) is 5.59. The van der Waals surface area contributed by atoms with Gasteiger partial charge in [0.1, 0.15) is 10.2 Å². The van der Waals surface area contributed by atoms with Gasteiger partial charge < -0.3 is 5.32 Å². The molecule has 3 aromatic rings. The number of anilines is 1. The Bertz CT molecular complexity index is 1110. The molecule has 146 valence electrons. The van der Waals surface area contributed by atoms with E-state index in [1.165, 1.54) is 17.8 Å². The molecular formula is C21H22BrN3O2S. The number of nitrogens with zero attached hydrogens (tertiary/aromatic N) is 2. The highest BCUT2D eigenvalue weighted by Gasteiger charge is 2.23. The summed E-state index contributed by atoms with van der Waals surface area (Å²) in [6.45, 7) is 3.85. The van der Waals surface area contributed by atoms with E-state index in [4.69, 9.17) is 0 Å². The summed E-state index contributed by atoms with van der Waals surface area (Å²) in [5, 5.41) is 2.94. The van der Waals surface area contributed by atoms with E-state index in [0.717, 1.165) is 46.3 Å². The molecule has 4 rings (SSSR count). The Morgan fingerprint density at radius 3 is 2.71 bits per heavy atom. The molecule has 0 spiro atoms. The standard InChI is InChI=1S/C21H22BrN3O2S/c1-12-10-14(8-9-16(12)22)24-20(26)17-13(2)28-19-18(17)23-11-25(21(19)27)15-6-4-3-5-7-15/h8-11,15H,3-7H2,1-2H3,(H,24,26). The van der Waals surface area contributed by atoms with Crippen LogP contribution < -0.4 is 10.9 Å². The van der Waals surface area contributed by atoms with Crippen LogP contribution in [0.15, 0.2) is 33.8 Å². The van der Waals surface area contributed by atoms with Crippen LogP contribution >= 0.6 is 27.3 Å². The zero-order valence-corrected chi connectivity index (χ0v) is 18.3. The van der Waals surface area contributed by atoms with Crippen LogP contribution in [-0.2, 0) is 0 Å². The van der Waals surface area contributed by atoms with E-state index < -0.39 is 0 Å². The number of thiophene rings is 1. The Labute approximate surface area is 175 Å². The Balaban J connectivity index is 1.70. The van der Waals surface area contributed by atoms with E-state index in [0.29, 0.717) is 15.8 Å². The van der Waals surface area contributed by atoms with E-state index in [1.807, 2.05) is 32.0 Å². The molecule has 2 aromatic heterocycles. The summed E-state index contributed by atoms with van der Waals surface area (Å²) in [5.74, 6) is -0.229. The minimum atomic E-state index is -0.229. The summed E-state index contributed by atoms with van der Waals surface area (Å²) in [6.07, 6.45) is 7.21. The number of halogens is 1. The summed E-state index contributed by atoms with van der Waals surface area (Å²) in [7, 11) is 0. The molecule has 1 saturated carbocycles. The lowest BCUT2D eigenvalue weighted by Gasteiger charge is -2.23. The third-order valence-corrected chi connectivity index (χ3v) is 7.38. The van der Waals surface area contributed by atoms with Gasteiger partial charge >= 0.3 is 0 Å². The molecule has 1 aromatic carbocycles. The van der Waals surface area contributed by atoms with E-state index in [2.05, 4.69) is 26.2 Å². The van der Waals surface area contributed by atoms with Gasteiger partial charge in [0.05, 0.1) is 11.9 Å². The molecule has 0 atom stereocenters. The average molecular weight is 460 g/mol. The molecule has 1 aliphatic carbocycles. The maximum Gasteiger partial charge on any atom is 0.271 e. The second-order valence-electron chi connectivity index (χ2n) is 7.38. The number of fused-ring (bicyclic) bond motifs is 1. The zero-order chi connectivity index (χ0) is 19.8. The molecule has 0 radical (unpaired) electrons. The topological polar surface area (TPSA) is 64.0 Å². The van der Waals surface area contributed by atoms with Gasteiger partial charge in [0.25, 0.3) is 11.5 Å². The van der Waals surface area contributed by atoms with E-state index in [9.17, 15) is 9.59 Å². The lowest BCUT2D eigenvalue weighted by molar-refractivity contribution is 0.102. The van der Waals surface area contributed by atoms with Crippen LogP contribution in [0.5, 0.6) is 0 Å². The Morgan fingerprint density at radius 1 is 1.25 bits per heavy atom. The first-order chi connectivity index (χ1) is 13.5. The number of nitrogens with one attached hydrogen (secondary N) is 1. The fourth-order valence-electron chi connectivity index (χ4n) is 3.89. The van der Waals surface area contributed by atoms with Gasteiger partial charge in [-0.2, -0.15) is 0 Å². The second-order valence-corrected chi connectivity index (χ2v) is 9.46. The van der Waals surface area contributed by atoms with Crippen molar-refractivity contribution in [2.75, 3.05) is 5.32 Å². The molecule has 1 fully saturated rings. The third kappa shape index (κ3) is 3.53. The van der Waals surface area contributed by atoms with Crippen LogP contribution in [0.25, 0.3) is 10.2 Å². The second kappa shape index (κ2) is 7.79. The molecule has 1 N–H and O–H groups in total. The van der Waals surface area contributed by atoms with Gasteiger partial charge in [-0.15, -0.1) is 11.3 Å². The zero-order valence-electron chi connectivity index (χ0n) is 15.9. The monoisotopic (exact) mass is 459 g/mol. The fraction of sp³-hybridized carbons (Fsp3) is 0.381. The van der Waals surface area contributed by atoms with E-state index >= 15 is 0 Å². The number of aromatic nitrogens is 2. The van der Waals surface area contributed by atoms with Crippen molar-refractivity contribution in [2.45, 2.75) is 52.0 Å². The molecule has 0 bridgehead atoms. The van der Waals surface area contributed by atoms with Crippen LogP contribution in [0.3, 0.4) is 0 Å². The predicted molar refractivity (Wildman–Crippen MR) is 118 cm³/mol. The molecule has 1 aliphatic rings. The fourth-order valence-corrected chi connectivity index (χ4v) is 5.18. The number of hydrogen-bond donors (Lipinski definition) is 1. The number of amides is 1. The minimum absolute atomic E-state index is 0.0245. The van der Waals surface area contributed by atoms with Crippen molar-refractivity contribution in [1.82, 2.24) is 9.55 Å². The van der Waals surface area contributed by atoms with Crippen molar-refractivity contribution in [1.29, 1.82) is 0 Å². The smallest absolute Gasteiger partial charge is 0.271 e. The van der Waals surface area contributed by atoms with Gasteiger partial charge in [-0.3, -0.25) is 14.2 Å². The van der Waals surface area contributed by atoms with Crippen LogP contribution in [0.1, 0.15) is 58.9 Å². The van der Waals surface area contributed by atoms with Crippen molar-refractivity contribution in [3.63, 3.8) is 0 Å². The van der Waals surface area contributed by atoms with Crippen molar-refractivity contribution in [3.8, 4) is 0 Å². The number of carbonyl (C=O) groups excluding carboxylic acids is 1. The van der Waals surface area contributed by atoms with E-state index in [-0.39, 0.29) is 17.5 Å². The van der Waals surface area contributed by atoms with Gasteiger partial charge in [0, 0.05) is 21.1 Å². The summed E-state index contributed by atoms with van der Waals surface area (Å²) in [4.78, 5) is 31.3. The van der Waals surface area contributed by atoms with Gasteiger partial charge in [0.2, 0.25) is 0 Å². The molecule has 0 aliphatic heterocycles. The van der Waals surface area contributed by atoms with Crippen LogP contribution in [0.4, 0.5) is 5.69 Å². The largest absolute Gasteiger partial charge is 0.322 e. The summed E-state index contributed by atoms with van der Waals surface area (Å²) in [6, 6.07) is 5.89. The summed E-state index contributed by atoms with van der Waals surface area (Å²) < 4.78 is 3.34. The van der Waals surface area contributed by atoms with Crippen molar-refractivity contribution in [2.24, 2.45) is 0 Å². The quantitative estimate of drug-likeness (QED) is 0.554. The molecule has 2 heterocycles. The number of aryl methyl sites for hydroxylation is 2. The highest BCUT2D eigenvalue weighted by molar-refractivity contribution is 9.10. The first-order valence-electron chi connectivity index (χ1n) is 9.53. The Morgan fingerprint density at radius 2 is 2.00 bits per heavy atom. The number of rotatable bonds is 3. The Hall–Kier alpha value is -1.99. The molecule has 1 amide bonds. The number of benzene rings is 1. The molecule has 0 saturated heterocycles. The Kier molecular flexibility index (Phi) is 5.38. The van der Waals surface area contributed by atoms with Crippen molar-refractivity contribution >= 4 is 49.1 Å². The SMILES string of the molecule is Cc1cc(NC(=O)c2c(C)sc3c(=O)n(C4CCCCC4)cnc23)ccc1Br. The lowest BCUT2D eigenvalue weighted by Crippen LogP contribution is -2.26. The van der Waals surface area contributed by atoms with Gasteiger partial charge in [-0.1, -0.05) is 35.2 Å². The maximum absolute atomic E-state index is 13.1. The molecule has 0 unspecified atom stereocenters. The lowest BCUT2D eigenvalue weighted by atomic mass is 9.95. The highest BCUT2D eigenvalue weighted by Crippen LogP contribution is 2.31. The molecule has 28 heavy (non-hydrogen) atoms. The number of hydrogen-bond acceptors (Lipinski definition) is 4. The first kappa shape index (κ1) is 19.3. The first-order valence-corrected chi connectivity index (χ1v) is 11.1. The van der Waals surface area contributed by atoms with Gasteiger partial charge in [-0.25, -0.2) is 4.98 Å². The van der Waals surface area contributed by atoms with Crippen LogP contribution in [0.2, 0.25) is 0 Å². The van der Waals surface area contributed by atoms with Gasteiger partial charge in [0.15, 0.2) is 0 Å². The normalized spacial score (nSPS) is 15.1. The van der Waals surface area contributed by atoms with Crippen molar-refractivity contribution < 1.29 is 4.79 Å². The van der Waals surface area contributed by atoms with Gasteiger partial charge in [-0.05, 0) is 50.5 Å². The van der Waals surface area contributed by atoms with Crippen LogP contribution in [0, 0.1) is 13.8 Å². The highest BCUT2D eigenvalue weighted by atomic mass is 79.9. The van der Waals surface area contributed by atoms with Crippen LogP contribution in [-0.4, -0.2) is 15.5 Å². The third-order valence-electron chi connectivity index (χ3n) is 5.41.